The van der Waals surface area contributed by atoms with E-state index in [-0.39, 0.29) is 5.91 Å². The molecule has 0 spiro atoms. The number of ether oxygens (including phenoxy) is 1. The summed E-state index contributed by atoms with van der Waals surface area (Å²) in [5.41, 5.74) is 4.95. The Kier molecular flexibility index (Phi) is 4.95. The van der Waals surface area contributed by atoms with Gasteiger partial charge in [0.2, 0.25) is 0 Å². The molecule has 1 amide bonds. The highest BCUT2D eigenvalue weighted by atomic mass is 32.2. The van der Waals surface area contributed by atoms with E-state index in [1.54, 1.807) is 31.1 Å². The molecule has 0 unspecified atom stereocenters. The van der Waals surface area contributed by atoms with Gasteiger partial charge in [0.25, 0.3) is 16.1 Å². The Labute approximate surface area is 165 Å². The van der Waals surface area contributed by atoms with Crippen LogP contribution in [-0.2, 0) is 15.0 Å². The van der Waals surface area contributed by atoms with Crippen molar-refractivity contribution < 1.29 is 17.9 Å². The maximum atomic E-state index is 12.6. The second kappa shape index (κ2) is 6.96. The summed E-state index contributed by atoms with van der Waals surface area (Å²) < 4.78 is 30.6. The van der Waals surface area contributed by atoms with Gasteiger partial charge >= 0.3 is 0 Å². The fraction of sp³-hybridized carbons (Fsp3) is 0.250. The van der Waals surface area contributed by atoms with E-state index in [4.69, 9.17) is 9.88 Å². The van der Waals surface area contributed by atoms with Gasteiger partial charge in [-0.1, -0.05) is 18.7 Å². The van der Waals surface area contributed by atoms with Crippen LogP contribution in [0.3, 0.4) is 0 Å². The molecule has 1 aliphatic heterocycles. The maximum absolute atomic E-state index is 12.6. The second-order valence-corrected chi connectivity index (χ2v) is 8.21. The lowest BCUT2D eigenvalue weighted by atomic mass is 9.87. The Morgan fingerprint density at radius 3 is 2.43 bits per heavy atom. The zero-order valence-electron chi connectivity index (χ0n) is 16.2. The number of β-lactam (4-membered cyclic amide) rings is 1. The van der Waals surface area contributed by atoms with Gasteiger partial charge in [0.15, 0.2) is 0 Å². The van der Waals surface area contributed by atoms with Gasteiger partial charge in [0.1, 0.15) is 5.75 Å². The number of benzene rings is 2. The number of methoxy groups -OCH3 is 1. The summed E-state index contributed by atoms with van der Waals surface area (Å²) in [6, 6.07) is 8.63. The number of hydrogen-bond donors (Lipinski definition) is 2. The maximum Gasteiger partial charge on any atom is 0.296 e. The lowest BCUT2D eigenvalue weighted by Crippen LogP contribution is -2.49. The van der Waals surface area contributed by atoms with Gasteiger partial charge in [0, 0.05) is 17.3 Å². The monoisotopic (exact) mass is 401 g/mol. The molecule has 1 heterocycles. The quantitative estimate of drug-likeness (QED) is 0.594. The molecule has 1 aliphatic rings. The van der Waals surface area contributed by atoms with Crippen molar-refractivity contribution in [2.45, 2.75) is 26.8 Å². The molecule has 0 aliphatic carbocycles. The summed E-state index contributed by atoms with van der Waals surface area (Å²) in [7, 11) is -2.32. The Balaban J connectivity index is 2.05. The third-order valence-corrected chi connectivity index (χ3v) is 5.52. The summed E-state index contributed by atoms with van der Waals surface area (Å²) in [6.45, 7) is 9.58. The van der Waals surface area contributed by atoms with Crippen molar-refractivity contribution in [3.05, 3.63) is 64.7 Å². The zero-order valence-corrected chi connectivity index (χ0v) is 17.1. The number of anilines is 2. The average molecular weight is 401 g/mol. The number of amides is 1. The Morgan fingerprint density at radius 2 is 1.82 bits per heavy atom. The van der Waals surface area contributed by atoms with Crippen molar-refractivity contribution in [1.29, 1.82) is 0 Å². The van der Waals surface area contributed by atoms with Crippen molar-refractivity contribution in [3.63, 3.8) is 0 Å². The van der Waals surface area contributed by atoms with Crippen molar-refractivity contribution >= 4 is 27.5 Å². The van der Waals surface area contributed by atoms with Crippen molar-refractivity contribution in [2.75, 3.05) is 16.7 Å². The standard InChI is InChI=1S/C20H23N3O4S/c1-11-6-7-15(9-17(11)22-28(21,25)26)19-14(4)20(24)23(19)16-8-12(2)13(3)18(10-16)27-5/h6-10,19,22H,4H2,1-3,5H3,(H2,21,25,26)/t19-/m1/s1. The van der Waals surface area contributed by atoms with Crippen LogP contribution in [0.4, 0.5) is 11.4 Å². The van der Waals surface area contributed by atoms with Crippen LogP contribution in [0.15, 0.2) is 42.5 Å². The van der Waals surface area contributed by atoms with Crippen LogP contribution in [0, 0.1) is 20.8 Å². The van der Waals surface area contributed by atoms with Gasteiger partial charge in [-0.25, -0.2) is 5.14 Å². The summed E-state index contributed by atoms with van der Waals surface area (Å²) in [6.07, 6.45) is 0. The summed E-state index contributed by atoms with van der Waals surface area (Å²) in [4.78, 5) is 14.2. The number of nitrogens with two attached hydrogens (primary N) is 1. The van der Waals surface area contributed by atoms with Crippen LogP contribution in [0.5, 0.6) is 5.75 Å². The van der Waals surface area contributed by atoms with E-state index in [1.165, 1.54) is 0 Å². The molecule has 0 radical (unpaired) electrons. The number of carbonyl (C=O) groups excluding carboxylic acids is 1. The topological polar surface area (TPSA) is 102 Å². The number of nitrogens with one attached hydrogen (secondary N) is 1. The predicted molar refractivity (Wildman–Crippen MR) is 110 cm³/mol. The Bertz CT molecular complexity index is 1090. The molecular weight excluding hydrogens is 378 g/mol. The molecule has 3 rings (SSSR count). The van der Waals surface area contributed by atoms with Crippen LogP contribution in [0.1, 0.15) is 28.3 Å². The van der Waals surface area contributed by atoms with Crippen molar-refractivity contribution in [2.24, 2.45) is 5.14 Å². The lowest BCUT2D eigenvalue weighted by molar-refractivity contribution is -0.118. The van der Waals surface area contributed by atoms with E-state index in [1.807, 2.05) is 32.0 Å². The smallest absolute Gasteiger partial charge is 0.296 e. The first-order valence-corrected chi connectivity index (χ1v) is 10.2. The zero-order chi connectivity index (χ0) is 20.8. The summed E-state index contributed by atoms with van der Waals surface area (Å²) in [5.74, 6) is 0.511. The highest BCUT2D eigenvalue weighted by Gasteiger charge is 2.43. The largest absolute Gasteiger partial charge is 0.496 e. The van der Waals surface area contributed by atoms with E-state index < -0.39 is 16.3 Å². The molecule has 2 aromatic carbocycles. The third kappa shape index (κ3) is 3.48. The minimum absolute atomic E-state index is 0.183. The van der Waals surface area contributed by atoms with Gasteiger partial charge in [-0.2, -0.15) is 8.42 Å². The molecule has 2 aromatic rings. The average Bonchev–Trinajstić information content (AvgIpc) is 2.62. The lowest BCUT2D eigenvalue weighted by Gasteiger charge is -2.43. The fourth-order valence-electron chi connectivity index (χ4n) is 3.33. The van der Waals surface area contributed by atoms with E-state index in [2.05, 4.69) is 11.3 Å². The van der Waals surface area contributed by atoms with Crippen molar-refractivity contribution in [3.8, 4) is 5.75 Å². The molecule has 0 saturated carbocycles. The molecule has 7 nitrogen and oxygen atoms in total. The molecule has 0 aromatic heterocycles. The second-order valence-electron chi connectivity index (χ2n) is 6.91. The SMILES string of the molecule is C=C1C(=O)N(c2cc(C)c(C)c(OC)c2)[C@H]1c1ccc(C)c(NS(N)(=O)=O)c1. The van der Waals surface area contributed by atoms with Crippen LogP contribution < -0.4 is 19.5 Å². The van der Waals surface area contributed by atoms with Crippen LogP contribution in [0.2, 0.25) is 0 Å². The number of hydrogen-bond acceptors (Lipinski definition) is 4. The van der Waals surface area contributed by atoms with E-state index >= 15 is 0 Å². The molecule has 1 fully saturated rings. The molecular formula is C20H23N3O4S. The third-order valence-electron chi connectivity index (χ3n) is 5.01. The van der Waals surface area contributed by atoms with Crippen molar-refractivity contribution in [1.82, 2.24) is 0 Å². The van der Waals surface area contributed by atoms with Gasteiger partial charge in [0.05, 0.1) is 18.8 Å². The van der Waals surface area contributed by atoms with Crippen LogP contribution in [0.25, 0.3) is 0 Å². The minimum atomic E-state index is -3.91. The summed E-state index contributed by atoms with van der Waals surface area (Å²) >= 11 is 0. The first-order valence-electron chi connectivity index (χ1n) is 8.62. The van der Waals surface area contributed by atoms with Gasteiger partial charge in [-0.15, -0.1) is 0 Å². The molecule has 3 N–H and O–H groups in total. The first-order chi connectivity index (χ1) is 13.0. The molecule has 0 bridgehead atoms. The number of aryl methyl sites for hydroxylation is 2. The van der Waals surface area contributed by atoms with Gasteiger partial charge < -0.3 is 4.74 Å². The Hall–Kier alpha value is -2.84. The molecule has 148 valence electrons. The van der Waals surface area contributed by atoms with Gasteiger partial charge in [-0.3, -0.25) is 14.4 Å². The molecule has 1 saturated heterocycles. The molecule has 28 heavy (non-hydrogen) atoms. The minimum Gasteiger partial charge on any atom is -0.496 e. The van der Waals surface area contributed by atoms with E-state index in [9.17, 15) is 13.2 Å². The van der Waals surface area contributed by atoms with Gasteiger partial charge in [-0.05, 0) is 55.2 Å². The first kappa shape index (κ1) is 19.9. The Morgan fingerprint density at radius 1 is 1.14 bits per heavy atom. The number of nitrogens with zero attached hydrogens (tertiary/aromatic N) is 1. The van der Waals surface area contributed by atoms with Crippen LogP contribution >= 0.6 is 0 Å². The molecule has 8 heteroatoms. The van der Waals surface area contributed by atoms with E-state index in [0.717, 1.165) is 16.7 Å². The number of rotatable bonds is 5. The highest BCUT2D eigenvalue weighted by molar-refractivity contribution is 7.90. The number of carbonyl (C=O) groups is 1. The highest BCUT2D eigenvalue weighted by Crippen LogP contribution is 2.44. The van der Waals surface area contributed by atoms with E-state index in [0.29, 0.717) is 28.3 Å². The normalized spacial score (nSPS) is 16.8. The fourth-order valence-corrected chi connectivity index (χ4v) is 3.85. The summed E-state index contributed by atoms with van der Waals surface area (Å²) in [5, 5.41) is 5.10. The predicted octanol–water partition coefficient (Wildman–Crippen LogP) is 2.88. The van der Waals surface area contributed by atoms with Crippen LogP contribution in [-0.4, -0.2) is 21.4 Å². The molecule has 1 atom stereocenters.